The Kier molecular flexibility index (Phi) is 11.6. The molecule has 1 amide bonds. The van der Waals surface area contributed by atoms with Crippen LogP contribution in [0.25, 0.3) is 11.0 Å². The van der Waals surface area contributed by atoms with Gasteiger partial charge in [-0.15, -0.1) is 0 Å². The molecule has 63 heavy (non-hydrogen) atoms. The minimum Gasteiger partial charge on any atom is -0.455 e. The van der Waals surface area contributed by atoms with Crippen LogP contribution in [0, 0.1) is 15.5 Å². The van der Waals surface area contributed by atoms with Gasteiger partial charge in [0.1, 0.15) is 28.5 Å². The number of carbonyl (C=O) groups excluding carboxylic acids is 1. The number of amides is 1. The first kappa shape index (κ1) is 42.7. The Hall–Kier alpha value is -5.58. The third-order valence-corrected chi connectivity index (χ3v) is 15.1. The Labute approximate surface area is 366 Å². The number of rotatable bonds is 13. The van der Waals surface area contributed by atoms with Crippen LogP contribution in [0.1, 0.15) is 98.7 Å². The fourth-order valence-corrected chi connectivity index (χ4v) is 11.2. The van der Waals surface area contributed by atoms with E-state index < -0.39 is 37.1 Å². The van der Waals surface area contributed by atoms with Crippen LogP contribution in [0.2, 0.25) is 0 Å². The molecule has 5 aromatic rings. The molecule has 332 valence electrons. The Morgan fingerprint density at radius 2 is 1.81 bits per heavy atom. The van der Waals surface area contributed by atoms with Crippen molar-refractivity contribution in [3.8, 4) is 11.5 Å². The summed E-state index contributed by atoms with van der Waals surface area (Å²) in [5.74, 6) is -0.0200. The number of nitrogens with one attached hydrogen (secondary N) is 3. The number of H-pyrrole nitrogens is 1. The number of aromatic nitrogens is 2. The molecule has 3 aliphatic heterocycles. The van der Waals surface area contributed by atoms with Crippen molar-refractivity contribution < 1.29 is 32.0 Å². The van der Waals surface area contributed by atoms with Gasteiger partial charge in [0.25, 0.3) is 21.6 Å². The van der Waals surface area contributed by atoms with Crippen molar-refractivity contribution in [1.82, 2.24) is 19.6 Å². The highest BCUT2D eigenvalue weighted by Crippen LogP contribution is 2.54. The maximum Gasteiger partial charge on any atom is 0.293 e. The number of nitro benzene ring substituents is 1. The quantitative estimate of drug-likeness (QED) is 0.0761. The maximum atomic E-state index is 15.2. The summed E-state index contributed by atoms with van der Waals surface area (Å²) >= 11 is 0. The number of nitro groups is 1. The number of halogens is 1. The Morgan fingerprint density at radius 3 is 2.57 bits per heavy atom. The third kappa shape index (κ3) is 8.85. The molecule has 0 bridgehead atoms. The average Bonchev–Trinajstić information content (AvgIpc) is 3.95. The molecule has 3 aromatic carbocycles. The summed E-state index contributed by atoms with van der Waals surface area (Å²) in [5, 5.41) is 15.6. The molecule has 5 heterocycles. The summed E-state index contributed by atoms with van der Waals surface area (Å²) in [6.45, 7) is 7.62. The number of nitrogens with zero attached hydrogens (tertiary/aromatic N) is 4. The predicted octanol–water partition coefficient (Wildman–Crippen LogP) is 9.02. The minimum atomic E-state index is -4.62. The fraction of sp³-hybridized carbons (Fsp3) is 0.447. The number of hydrogen-bond acceptors (Lipinski definition) is 11. The fourth-order valence-electron chi connectivity index (χ4n) is 10.2. The van der Waals surface area contributed by atoms with Gasteiger partial charge >= 0.3 is 0 Å². The first-order valence-electron chi connectivity index (χ1n) is 22.0. The van der Waals surface area contributed by atoms with E-state index in [-0.39, 0.29) is 49.6 Å². The number of likely N-dealkylation sites (tertiary alicyclic amines) is 1. The number of anilines is 2. The van der Waals surface area contributed by atoms with Crippen LogP contribution < -0.4 is 19.7 Å². The van der Waals surface area contributed by atoms with Crippen LogP contribution in [0.3, 0.4) is 0 Å². The molecule has 16 heteroatoms. The molecule has 2 aromatic heterocycles. The van der Waals surface area contributed by atoms with Gasteiger partial charge in [0.15, 0.2) is 0 Å². The smallest absolute Gasteiger partial charge is 0.293 e. The Balaban J connectivity index is 0.905. The number of alkyl halides is 1. The van der Waals surface area contributed by atoms with Crippen molar-refractivity contribution in [3.63, 3.8) is 0 Å². The van der Waals surface area contributed by atoms with E-state index in [0.717, 1.165) is 55.7 Å². The molecule has 1 saturated carbocycles. The van der Waals surface area contributed by atoms with Crippen LogP contribution in [0.15, 0.2) is 90.1 Å². The van der Waals surface area contributed by atoms with Gasteiger partial charge in [-0.05, 0) is 104 Å². The summed E-state index contributed by atoms with van der Waals surface area (Å²) in [5.41, 5.74) is 2.43. The molecular weight excluding hydrogens is 826 g/mol. The van der Waals surface area contributed by atoms with E-state index in [1.165, 1.54) is 49.1 Å². The monoisotopic (exact) mass is 879 g/mol. The normalized spacial score (nSPS) is 20.2. The number of hydrogen-bond donors (Lipinski definition) is 3. The van der Waals surface area contributed by atoms with Crippen LogP contribution in [0.5, 0.6) is 11.5 Å². The van der Waals surface area contributed by atoms with Gasteiger partial charge in [-0.25, -0.2) is 22.5 Å². The lowest BCUT2D eigenvalue weighted by Gasteiger charge is -2.56. The zero-order valence-electron chi connectivity index (χ0n) is 35.6. The van der Waals surface area contributed by atoms with Gasteiger partial charge in [0, 0.05) is 87.2 Å². The summed E-state index contributed by atoms with van der Waals surface area (Å²) < 4.78 is 56.2. The summed E-state index contributed by atoms with van der Waals surface area (Å²) in [6.07, 6.45) is 10.4. The van der Waals surface area contributed by atoms with Crippen LogP contribution in [-0.4, -0.2) is 85.2 Å². The van der Waals surface area contributed by atoms with Crippen molar-refractivity contribution in [1.29, 1.82) is 0 Å². The number of fused-ring (bicyclic) bond motifs is 1. The van der Waals surface area contributed by atoms with Gasteiger partial charge in [-0.3, -0.25) is 19.8 Å². The van der Waals surface area contributed by atoms with Crippen molar-refractivity contribution in [2.24, 2.45) is 5.41 Å². The highest BCUT2D eigenvalue weighted by Gasteiger charge is 2.50. The molecule has 9 rings (SSSR count). The van der Waals surface area contributed by atoms with Gasteiger partial charge in [-0.1, -0.05) is 38.1 Å². The van der Waals surface area contributed by atoms with E-state index in [4.69, 9.17) is 9.47 Å². The number of ether oxygens (including phenoxy) is 2. The van der Waals surface area contributed by atoms with Crippen molar-refractivity contribution in [3.05, 3.63) is 112 Å². The molecule has 4 aliphatic rings. The average molecular weight is 880 g/mol. The Morgan fingerprint density at radius 1 is 1.03 bits per heavy atom. The SMILES string of the molecule is CC(C)c1ccccc1C1CCCN1C1CC2(CCN(c3ccc(C(=O)NS(=O)(=O)c4ccc(NCC5(F)CCOCC5)c([N+](=O)[O-])c4)c(Oc4cnc5[nH]ccc5c4)c3)CC2)C1. The van der Waals surface area contributed by atoms with E-state index in [2.05, 4.69) is 67.9 Å². The van der Waals surface area contributed by atoms with Crippen molar-refractivity contribution in [2.45, 2.75) is 93.8 Å². The number of pyridine rings is 1. The number of carbonyl (C=O) groups is 1. The summed E-state index contributed by atoms with van der Waals surface area (Å²) in [6, 6.07) is 21.9. The van der Waals surface area contributed by atoms with E-state index >= 15 is 4.39 Å². The van der Waals surface area contributed by atoms with Crippen LogP contribution in [-0.2, 0) is 14.8 Å². The van der Waals surface area contributed by atoms with E-state index in [1.807, 2.05) is 6.07 Å². The number of sulfonamides is 1. The summed E-state index contributed by atoms with van der Waals surface area (Å²) in [7, 11) is -4.62. The number of piperidine rings is 1. The summed E-state index contributed by atoms with van der Waals surface area (Å²) in [4.78, 5) is 37.3. The molecule has 1 aliphatic carbocycles. The van der Waals surface area contributed by atoms with Gasteiger partial charge in [0.05, 0.1) is 21.6 Å². The zero-order valence-corrected chi connectivity index (χ0v) is 36.5. The van der Waals surface area contributed by atoms with Gasteiger partial charge < -0.3 is 24.7 Å². The third-order valence-electron chi connectivity index (χ3n) is 13.8. The van der Waals surface area contributed by atoms with Crippen LogP contribution in [0.4, 0.5) is 21.5 Å². The molecule has 1 spiro atoms. The highest BCUT2D eigenvalue weighted by atomic mass is 32.2. The standard InChI is InChI=1S/C47H54FN7O7S/c1-31(2)37-6-3-4-7-38(37)41-8-5-19-54(41)34-27-46(28-34)14-20-53(21-15-46)33-9-11-39(43(25-33)62-35-24-32-13-18-49-44(32)50-29-35)45(56)52-63(59,60)36-10-12-40(42(26-36)55(57)58)51-30-47(48)16-22-61-23-17-47/h3-4,6-7,9-13,18,24-26,29,31,34,41,51H,5,8,14-17,19-23,27-28,30H2,1-2H3,(H,49,50)(H,52,56). The first-order chi connectivity index (χ1) is 30.3. The van der Waals surface area contributed by atoms with E-state index in [9.17, 15) is 23.3 Å². The molecule has 0 radical (unpaired) electrons. The second-order valence-electron chi connectivity index (χ2n) is 18.1. The van der Waals surface area contributed by atoms with Crippen molar-refractivity contribution in [2.75, 3.05) is 49.6 Å². The lowest BCUT2D eigenvalue weighted by atomic mass is 9.59. The largest absolute Gasteiger partial charge is 0.455 e. The highest BCUT2D eigenvalue weighted by molar-refractivity contribution is 7.90. The first-order valence-corrected chi connectivity index (χ1v) is 23.5. The second kappa shape index (κ2) is 17.2. The molecule has 3 saturated heterocycles. The topological polar surface area (TPSA) is 172 Å². The number of aromatic amines is 1. The molecule has 3 N–H and O–H groups in total. The lowest BCUT2D eigenvalue weighted by Crippen LogP contribution is -2.54. The molecule has 14 nitrogen and oxygen atoms in total. The lowest BCUT2D eigenvalue weighted by molar-refractivity contribution is -0.384. The Bertz CT molecular complexity index is 2620. The van der Waals surface area contributed by atoms with Gasteiger partial charge in [-0.2, -0.15) is 0 Å². The molecule has 1 unspecified atom stereocenters. The van der Waals surface area contributed by atoms with Crippen LogP contribution >= 0.6 is 0 Å². The van der Waals surface area contributed by atoms with E-state index in [0.29, 0.717) is 34.8 Å². The van der Waals surface area contributed by atoms with Gasteiger partial charge in [0.2, 0.25) is 0 Å². The van der Waals surface area contributed by atoms with E-state index in [1.54, 1.807) is 30.5 Å². The second-order valence-corrected chi connectivity index (χ2v) is 19.8. The number of benzene rings is 3. The predicted molar refractivity (Wildman–Crippen MR) is 239 cm³/mol. The zero-order chi connectivity index (χ0) is 43.9. The molecular formula is C47H54FN7O7S. The maximum absolute atomic E-state index is 15.2. The molecule has 1 atom stereocenters. The minimum absolute atomic E-state index is 0.0442. The van der Waals surface area contributed by atoms with Crippen molar-refractivity contribution >= 4 is 44.0 Å². The molecule has 4 fully saturated rings.